The monoisotopic (exact) mass is 330 g/mol. The quantitative estimate of drug-likeness (QED) is 0.849. The predicted molar refractivity (Wildman–Crippen MR) is 92.5 cm³/mol. The van der Waals surface area contributed by atoms with Crippen LogP contribution in [0.25, 0.3) is 0 Å². The van der Waals surface area contributed by atoms with Gasteiger partial charge >= 0.3 is 0 Å². The summed E-state index contributed by atoms with van der Waals surface area (Å²) >= 11 is 0. The van der Waals surface area contributed by atoms with Crippen molar-refractivity contribution in [2.24, 2.45) is 0 Å². The van der Waals surface area contributed by atoms with E-state index in [9.17, 15) is 9.18 Å². The lowest BCUT2D eigenvalue weighted by atomic mass is 10.1. The van der Waals surface area contributed by atoms with Crippen LogP contribution in [-0.4, -0.2) is 38.6 Å². The maximum Gasteiger partial charge on any atom is 0.224 e. The number of benzene rings is 2. The molecule has 4 nitrogen and oxygen atoms in total. The van der Waals surface area contributed by atoms with Gasteiger partial charge in [0.05, 0.1) is 19.6 Å². The molecule has 1 amide bonds. The highest BCUT2D eigenvalue weighted by atomic mass is 19.1. The summed E-state index contributed by atoms with van der Waals surface area (Å²) < 4.78 is 18.2. The van der Waals surface area contributed by atoms with Crippen LogP contribution in [0.15, 0.2) is 48.5 Å². The standard InChI is InChI=1S/C19H23FN2O2/c1-22(2)18(15-5-4-6-17(12-15)24-3)13-21-19(23)11-14-7-9-16(20)10-8-14/h4-10,12,18H,11,13H2,1-3H3,(H,21,23). The number of carbonyl (C=O) groups is 1. The van der Waals surface area contributed by atoms with Crippen molar-refractivity contribution < 1.29 is 13.9 Å². The molecule has 0 spiro atoms. The minimum absolute atomic E-state index is 0.0391. The van der Waals surface area contributed by atoms with Crippen LogP contribution in [0, 0.1) is 5.82 Å². The zero-order chi connectivity index (χ0) is 17.5. The maximum absolute atomic E-state index is 12.9. The van der Waals surface area contributed by atoms with Gasteiger partial charge in [0, 0.05) is 6.54 Å². The minimum Gasteiger partial charge on any atom is -0.497 e. The van der Waals surface area contributed by atoms with E-state index in [-0.39, 0.29) is 24.2 Å². The number of hydrogen-bond acceptors (Lipinski definition) is 3. The molecule has 1 atom stereocenters. The van der Waals surface area contributed by atoms with Crippen molar-refractivity contribution in [3.63, 3.8) is 0 Å². The third-order valence-corrected chi connectivity index (χ3v) is 3.87. The number of ether oxygens (including phenoxy) is 1. The van der Waals surface area contributed by atoms with Gasteiger partial charge in [-0.15, -0.1) is 0 Å². The first-order valence-corrected chi connectivity index (χ1v) is 7.81. The Bertz CT molecular complexity index is 671. The second kappa shape index (κ2) is 8.45. The van der Waals surface area contributed by atoms with Crippen molar-refractivity contribution in [2.75, 3.05) is 27.7 Å². The lowest BCUT2D eigenvalue weighted by Gasteiger charge is -2.25. The Hall–Kier alpha value is -2.40. The fraction of sp³-hybridized carbons (Fsp3) is 0.316. The molecular weight excluding hydrogens is 307 g/mol. The van der Waals surface area contributed by atoms with Crippen molar-refractivity contribution >= 4 is 5.91 Å². The SMILES string of the molecule is COc1cccc(C(CNC(=O)Cc2ccc(F)cc2)N(C)C)c1. The molecule has 0 aliphatic rings. The zero-order valence-corrected chi connectivity index (χ0v) is 14.3. The van der Waals surface area contributed by atoms with Gasteiger partial charge in [0.2, 0.25) is 5.91 Å². The molecule has 0 saturated carbocycles. The summed E-state index contributed by atoms with van der Waals surface area (Å²) in [6.07, 6.45) is 0.235. The van der Waals surface area contributed by atoms with Crippen molar-refractivity contribution in [3.05, 3.63) is 65.5 Å². The highest BCUT2D eigenvalue weighted by Gasteiger charge is 2.16. The second-order valence-corrected chi connectivity index (χ2v) is 5.86. The highest BCUT2D eigenvalue weighted by Crippen LogP contribution is 2.22. The van der Waals surface area contributed by atoms with Gasteiger partial charge in [0.15, 0.2) is 0 Å². The number of amides is 1. The van der Waals surface area contributed by atoms with Crippen LogP contribution in [0.4, 0.5) is 4.39 Å². The molecule has 0 fully saturated rings. The summed E-state index contributed by atoms with van der Waals surface area (Å²) in [5, 5.41) is 2.95. The number of likely N-dealkylation sites (N-methyl/N-ethyl adjacent to an activating group) is 1. The van der Waals surface area contributed by atoms with Gasteiger partial charge in [-0.05, 0) is 49.5 Å². The van der Waals surface area contributed by atoms with Crippen LogP contribution in [0.2, 0.25) is 0 Å². The fourth-order valence-electron chi connectivity index (χ4n) is 2.51. The summed E-state index contributed by atoms with van der Waals surface area (Å²) in [6.45, 7) is 0.486. The van der Waals surface area contributed by atoms with E-state index in [0.29, 0.717) is 6.54 Å². The minimum atomic E-state index is -0.301. The zero-order valence-electron chi connectivity index (χ0n) is 14.3. The molecule has 0 radical (unpaired) electrons. The molecule has 1 unspecified atom stereocenters. The van der Waals surface area contributed by atoms with Gasteiger partial charge in [-0.3, -0.25) is 4.79 Å². The van der Waals surface area contributed by atoms with E-state index >= 15 is 0 Å². The third kappa shape index (κ3) is 5.06. The van der Waals surface area contributed by atoms with Crippen LogP contribution < -0.4 is 10.1 Å². The van der Waals surface area contributed by atoms with Gasteiger partial charge in [-0.25, -0.2) is 4.39 Å². The molecule has 2 aromatic carbocycles. The molecule has 0 heterocycles. The molecule has 0 aromatic heterocycles. The first kappa shape index (κ1) is 17.9. The van der Waals surface area contributed by atoms with E-state index in [4.69, 9.17) is 4.74 Å². The summed E-state index contributed by atoms with van der Waals surface area (Å²) in [6, 6.07) is 13.8. The van der Waals surface area contributed by atoms with E-state index in [1.54, 1.807) is 19.2 Å². The van der Waals surface area contributed by atoms with E-state index in [2.05, 4.69) is 5.32 Å². The average molecular weight is 330 g/mol. The Morgan fingerprint density at radius 1 is 1.21 bits per heavy atom. The molecule has 128 valence electrons. The van der Waals surface area contributed by atoms with Crippen LogP contribution in [0.3, 0.4) is 0 Å². The summed E-state index contributed by atoms with van der Waals surface area (Å²) in [7, 11) is 5.57. The Labute approximate surface area is 142 Å². The lowest BCUT2D eigenvalue weighted by molar-refractivity contribution is -0.120. The maximum atomic E-state index is 12.9. The fourth-order valence-corrected chi connectivity index (χ4v) is 2.51. The van der Waals surface area contributed by atoms with Crippen molar-refractivity contribution in [2.45, 2.75) is 12.5 Å². The van der Waals surface area contributed by atoms with E-state index in [1.807, 2.05) is 43.3 Å². The van der Waals surface area contributed by atoms with Crippen LogP contribution >= 0.6 is 0 Å². The largest absolute Gasteiger partial charge is 0.497 e. The van der Waals surface area contributed by atoms with Gasteiger partial charge in [0.1, 0.15) is 11.6 Å². The normalized spacial score (nSPS) is 12.0. The van der Waals surface area contributed by atoms with E-state index in [0.717, 1.165) is 16.9 Å². The van der Waals surface area contributed by atoms with Crippen LogP contribution in [0.5, 0.6) is 5.75 Å². The molecule has 0 aliphatic carbocycles. The van der Waals surface area contributed by atoms with Crippen LogP contribution in [-0.2, 0) is 11.2 Å². The lowest BCUT2D eigenvalue weighted by Crippen LogP contribution is -2.35. The number of hydrogen-bond donors (Lipinski definition) is 1. The van der Waals surface area contributed by atoms with Gasteiger partial charge in [-0.2, -0.15) is 0 Å². The number of halogens is 1. The first-order valence-electron chi connectivity index (χ1n) is 7.81. The van der Waals surface area contributed by atoms with Gasteiger partial charge < -0.3 is 15.0 Å². The van der Waals surface area contributed by atoms with Gasteiger partial charge in [0.25, 0.3) is 0 Å². The summed E-state index contributed by atoms with van der Waals surface area (Å²) in [5.74, 6) is 0.401. The van der Waals surface area contributed by atoms with Crippen molar-refractivity contribution in [1.29, 1.82) is 0 Å². The summed E-state index contributed by atoms with van der Waals surface area (Å²) in [4.78, 5) is 14.2. The Kier molecular flexibility index (Phi) is 6.32. The van der Waals surface area contributed by atoms with Crippen molar-refractivity contribution in [1.82, 2.24) is 10.2 Å². The number of nitrogens with zero attached hydrogens (tertiary/aromatic N) is 1. The van der Waals surface area contributed by atoms with E-state index in [1.165, 1.54) is 12.1 Å². The molecular formula is C19H23FN2O2. The average Bonchev–Trinajstić information content (AvgIpc) is 2.57. The summed E-state index contributed by atoms with van der Waals surface area (Å²) in [5.41, 5.74) is 1.86. The van der Waals surface area contributed by atoms with Gasteiger partial charge in [-0.1, -0.05) is 24.3 Å². The molecule has 0 aliphatic heterocycles. The number of carbonyl (C=O) groups excluding carboxylic acids is 1. The molecule has 0 saturated heterocycles. The van der Waals surface area contributed by atoms with Crippen molar-refractivity contribution in [3.8, 4) is 5.75 Å². The number of methoxy groups -OCH3 is 1. The topological polar surface area (TPSA) is 41.6 Å². The Morgan fingerprint density at radius 3 is 2.54 bits per heavy atom. The molecule has 24 heavy (non-hydrogen) atoms. The molecule has 0 bridgehead atoms. The van der Waals surface area contributed by atoms with E-state index < -0.39 is 0 Å². The molecule has 5 heteroatoms. The smallest absolute Gasteiger partial charge is 0.224 e. The van der Waals surface area contributed by atoms with Crippen LogP contribution in [0.1, 0.15) is 17.2 Å². The molecule has 1 N–H and O–H groups in total. The second-order valence-electron chi connectivity index (χ2n) is 5.86. The molecule has 2 aromatic rings. The third-order valence-electron chi connectivity index (χ3n) is 3.87. The highest BCUT2D eigenvalue weighted by molar-refractivity contribution is 5.78. The Morgan fingerprint density at radius 2 is 1.92 bits per heavy atom. The first-order chi connectivity index (χ1) is 11.5. The predicted octanol–water partition coefficient (Wildman–Crippen LogP) is 2.80. The number of nitrogens with one attached hydrogen (secondary N) is 1. The Balaban J connectivity index is 1.98. The number of rotatable bonds is 7. The molecule has 2 rings (SSSR count).